The van der Waals surface area contributed by atoms with Gasteiger partial charge in [-0.25, -0.2) is 0 Å². The molecule has 5 N–H and O–H groups in total. The number of halogens is 2. The highest BCUT2D eigenvalue weighted by atomic mass is 35.5. The van der Waals surface area contributed by atoms with Gasteiger partial charge in [-0.1, -0.05) is 35.3 Å². The highest BCUT2D eigenvalue weighted by Crippen LogP contribution is 2.37. The third-order valence-corrected chi connectivity index (χ3v) is 6.10. The summed E-state index contributed by atoms with van der Waals surface area (Å²) in [6.45, 7) is 0.353. The third kappa shape index (κ3) is 3.73. The summed E-state index contributed by atoms with van der Waals surface area (Å²) in [5.41, 5.74) is 3.19. The summed E-state index contributed by atoms with van der Waals surface area (Å²) in [4.78, 5) is 11.1. The molecule has 4 rings (SSSR count). The second kappa shape index (κ2) is 8.37. The molecular weight excluding hydrogens is 423 g/mol. The molecule has 7 atom stereocenters. The lowest BCUT2D eigenvalue weighted by molar-refractivity contribution is -0.114. The summed E-state index contributed by atoms with van der Waals surface area (Å²) in [7, 11) is 1.51. The van der Waals surface area contributed by atoms with Gasteiger partial charge in [0.2, 0.25) is 0 Å². The van der Waals surface area contributed by atoms with Crippen LogP contribution in [0.15, 0.2) is 35.5 Å². The second-order valence-corrected chi connectivity index (χ2v) is 7.88. The molecule has 3 heterocycles. The van der Waals surface area contributed by atoms with E-state index in [1.165, 1.54) is 13.2 Å². The van der Waals surface area contributed by atoms with E-state index >= 15 is 0 Å². The first-order chi connectivity index (χ1) is 13.9. The van der Waals surface area contributed by atoms with Gasteiger partial charge in [-0.15, -0.1) is 0 Å². The van der Waals surface area contributed by atoms with Crippen molar-refractivity contribution in [2.75, 3.05) is 13.8 Å². The van der Waals surface area contributed by atoms with Crippen LogP contribution in [0.4, 0.5) is 0 Å². The summed E-state index contributed by atoms with van der Waals surface area (Å²) in [6, 6.07) is 4.67. The van der Waals surface area contributed by atoms with Gasteiger partial charge in [0.05, 0.1) is 35.9 Å². The first kappa shape index (κ1) is 20.8. The maximum absolute atomic E-state index is 10.7. The van der Waals surface area contributed by atoms with Gasteiger partial charge in [-0.2, -0.15) is 0 Å². The standard InChI is InChI=1S/C18H22Cl2N4O5/c1-28-23-16-9-4-5-24(17(9)22-7-21-16)18-14(27)13(26)15(29-18)12(25)8-2-3-10(19)11(20)6-8/h2-6,9,12-15,17-18,22,25-27H,7H2,1H3,(H,21,23)/t9?,12-,13+,14-,15-,17?,18-/m1/s1. The second-order valence-electron chi connectivity index (χ2n) is 7.06. The normalized spacial score (nSPS) is 34.8. The van der Waals surface area contributed by atoms with Gasteiger partial charge in [0.1, 0.15) is 30.3 Å². The van der Waals surface area contributed by atoms with Crippen LogP contribution < -0.4 is 10.8 Å². The van der Waals surface area contributed by atoms with Crippen molar-refractivity contribution >= 4 is 29.0 Å². The molecule has 2 unspecified atom stereocenters. The molecule has 0 aliphatic carbocycles. The van der Waals surface area contributed by atoms with Crippen molar-refractivity contribution in [1.29, 1.82) is 0 Å². The fourth-order valence-corrected chi connectivity index (χ4v) is 4.21. The Labute approximate surface area is 177 Å². The Morgan fingerprint density at radius 2 is 2.10 bits per heavy atom. The molecule has 9 nitrogen and oxygen atoms in total. The van der Waals surface area contributed by atoms with Gasteiger partial charge >= 0.3 is 0 Å². The molecule has 158 valence electrons. The molecule has 1 aromatic carbocycles. The Balaban J connectivity index is 1.51. The van der Waals surface area contributed by atoms with Crippen molar-refractivity contribution < 1.29 is 24.9 Å². The minimum absolute atomic E-state index is 0.143. The minimum atomic E-state index is -1.30. The smallest absolute Gasteiger partial charge is 0.160 e. The average Bonchev–Trinajstić information content (AvgIpc) is 3.26. The van der Waals surface area contributed by atoms with Crippen LogP contribution in [0.5, 0.6) is 0 Å². The zero-order valence-corrected chi connectivity index (χ0v) is 17.0. The van der Waals surface area contributed by atoms with Gasteiger partial charge in [0.15, 0.2) is 6.23 Å². The molecule has 3 aliphatic heterocycles. The Hall–Kier alpha value is -1.43. The van der Waals surface area contributed by atoms with Crippen LogP contribution in [0.25, 0.3) is 0 Å². The van der Waals surface area contributed by atoms with Crippen LogP contribution in [-0.4, -0.2) is 70.5 Å². The largest absolute Gasteiger partial charge is 0.387 e. The Morgan fingerprint density at radius 1 is 1.31 bits per heavy atom. The van der Waals surface area contributed by atoms with Crippen LogP contribution in [0, 0.1) is 5.92 Å². The number of hydrogen-bond donors (Lipinski definition) is 5. The SMILES string of the molecule is CONC1=NCNC2C1C=CN2[C@@H]1O[C@H]([C@H](O)c2ccc(Cl)c(Cl)c2)[C@@H](O)[C@H]1O. The van der Waals surface area contributed by atoms with Crippen molar-refractivity contribution in [2.45, 2.75) is 36.8 Å². The fraction of sp³-hybridized carbons (Fsp3) is 0.500. The van der Waals surface area contributed by atoms with Gasteiger partial charge in [0.25, 0.3) is 0 Å². The van der Waals surface area contributed by atoms with E-state index in [0.29, 0.717) is 23.1 Å². The first-order valence-corrected chi connectivity index (χ1v) is 9.85. The lowest BCUT2D eigenvalue weighted by Gasteiger charge is -2.37. The number of hydrogen-bond acceptors (Lipinski definition) is 9. The molecule has 1 fully saturated rings. The molecule has 0 aromatic heterocycles. The molecule has 0 bridgehead atoms. The number of aliphatic hydroxyl groups is 3. The zero-order valence-electron chi connectivity index (χ0n) is 15.4. The van der Waals surface area contributed by atoms with E-state index in [4.69, 9.17) is 32.8 Å². The highest BCUT2D eigenvalue weighted by molar-refractivity contribution is 6.42. The first-order valence-electron chi connectivity index (χ1n) is 9.09. The fourth-order valence-electron chi connectivity index (χ4n) is 3.91. The van der Waals surface area contributed by atoms with Crippen LogP contribution in [0.2, 0.25) is 10.0 Å². The predicted octanol–water partition coefficient (Wildman–Crippen LogP) is 0.355. The summed E-state index contributed by atoms with van der Waals surface area (Å²) in [5.74, 6) is 0.506. The molecule has 1 aromatic rings. The van der Waals surface area contributed by atoms with Crippen LogP contribution >= 0.6 is 23.2 Å². The van der Waals surface area contributed by atoms with Gasteiger partial charge < -0.3 is 25.0 Å². The molecule has 3 aliphatic rings. The number of hydroxylamine groups is 1. The van der Waals surface area contributed by atoms with Gasteiger partial charge in [-0.3, -0.25) is 20.6 Å². The van der Waals surface area contributed by atoms with E-state index in [2.05, 4.69) is 15.8 Å². The number of rotatable bonds is 4. The molecule has 0 spiro atoms. The number of amidine groups is 1. The van der Waals surface area contributed by atoms with Crippen LogP contribution in [0.3, 0.4) is 0 Å². The number of aliphatic hydroxyl groups excluding tert-OH is 3. The predicted molar refractivity (Wildman–Crippen MR) is 106 cm³/mol. The zero-order chi connectivity index (χ0) is 20.7. The maximum Gasteiger partial charge on any atom is 0.160 e. The number of fused-ring (bicyclic) bond motifs is 1. The van der Waals surface area contributed by atoms with E-state index < -0.39 is 30.6 Å². The number of nitrogens with zero attached hydrogens (tertiary/aromatic N) is 2. The maximum atomic E-state index is 10.7. The summed E-state index contributed by atoms with van der Waals surface area (Å²) < 4.78 is 5.92. The number of aliphatic imine (C=N–C) groups is 1. The molecule has 29 heavy (non-hydrogen) atoms. The van der Waals surface area contributed by atoms with Crippen LogP contribution in [-0.2, 0) is 9.57 Å². The topological polar surface area (TPSA) is 119 Å². The Bertz CT molecular complexity index is 825. The molecule has 11 heteroatoms. The number of ether oxygens (including phenoxy) is 1. The highest BCUT2D eigenvalue weighted by Gasteiger charge is 2.51. The lowest BCUT2D eigenvalue weighted by atomic mass is 9.99. The monoisotopic (exact) mass is 444 g/mol. The Morgan fingerprint density at radius 3 is 2.83 bits per heavy atom. The average molecular weight is 445 g/mol. The van der Waals surface area contributed by atoms with Crippen molar-refractivity contribution in [1.82, 2.24) is 15.7 Å². The van der Waals surface area contributed by atoms with Crippen molar-refractivity contribution in [3.8, 4) is 0 Å². The minimum Gasteiger partial charge on any atom is -0.387 e. The van der Waals surface area contributed by atoms with Crippen molar-refractivity contribution in [2.24, 2.45) is 10.9 Å². The molecule has 0 saturated carbocycles. The summed E-state index contributed by atoms with van der Waals surface area (Å²) >= 11 is 12.0. The van der Waals surface area contributed by atoms with Crippen LogP contribution in [0.1, 0.15) is 11.7 Å². The van der Waals surface area contributed by atoms with E-state index in [-0.39, 0.29) is 17.1 Å². The van der Waals surface area contributed by atoms with Gasteiger partial charge in [0, 0.05) is 6.20 Å². The van der Waals surface area contributed by atoms with E-state index in [1.807, 2.05) is 6.08 Å². The Kier molecular flexibility index (Phi) is 6.01. The molecule has 0 amide bonds. The lowest BCUT2D eigenvalue weighted by Crippen LogP contribution is -2.57. The molecule has 0 radical (unpaired) electrons. The molecule has 1 saturated heterocycles. The van der Waals surface area contributed by atoms with Crippen molar-refractivity contribution in [3.05, 3.63) is 46.1 Å². The van der Waals surface area contributed by atoms with E-state index in [9.17, 15) is 15.3 Å². The number of benzene rings is 1. The van der Waals surface area contributed by atoms with Gasteiger partial charge in [-0.05, 0) is 17.7 Å². The van der Waals surface area contributed by atoms with Crippen molar-refractivity contribution in [3.63, 3.8) is 0 Å². The quantitative estimate of drug-likeness (QED) is 0.422. The third-order valence-electron chi connectivity index (χ3n) is 5.36. The summed E-state index contributed by atoms with van der Waals surface area (Å²) in [6.07, 6.45) is -2.24. The van der Waals surface area contributed by atoms with E-state index in [1.54, 1.807) is 23.2 Å². The van der Waals surface area contributed by atoms with E-state index in [0.717, 1.165) is 0 Å². The summed E-state index contributed by atoms with van der Waals surface area (Å²) in [5, 5.41) is 35.8. The number of nitrogens with one attached hydrogen (secondary N) is 2. The molecular formula is C18H22Cl2N4O5.